The molecule has 5 nitrogen and oxygen atoms in total. The van der Waals surface area contributed by atoms with Crippen molar-refractivity contribution in [1.29, 1.82) is 0 Å². The molecule has 0 aliphatic carbocycles. The molecule has 2 heterocycles. The number of hydrogen-bond acceptors (Lipinski definition) is 4. The normalized spacial score (nSPS) is 27.4. The number of aryl methyl sites for hydroxylation is 2. The van der Waals surface area contributed by atoms with Gasteiger partial charge < -0.3 is 5.73 Å². The van der Waals surface area contributed by atoms with Crippen LogP contribution in [-0.4, -0.2) is 23.0 Å². The number of hydrogen-bond donors (Lipinski definition) is 3. The topological polar surface area (TPSA) is 80.0 Å². The van der Waals surface area contributed by atoms with E-state index in [1.54, 1.807) is 0 Å². The lowest BCUT2D eigenvalue weighted by Gasteiger charge is -2.20. The first-order valence-corrected chi connectivity index (χ1v) is 6.20. The van der Waals surface area contributed by atoms with E-state index in [1.165, 1.54) is 0 Å². The lowest BCUT2D eigenvalue weighted by atomic mass is 9.88. The third-order valence-electron chi connectivity index (χ3n) is 3.69. The van der Waals surface area contributed by atoms with Gasteiger partial charge in [0.25, 0.3) is 5.91 Å². The number of hydrazine groups is 1. The van der Waals surface area contributed by atoms with Gasteiger partial charge in [-0.15, -0.1) is 0 Å². The Morgan fingerprint density at radius 1 is 1.28 bits per heavy atom. The Morgan fingerprint density at radius 2 is 1.83 bits per heavy atom. The van der Waals surface area contributed by atoms with Crippen molar-refractivity contribution in [2.24, 2.45) is 5.73 Å². The highest BCUT2D eigenvalue weighted by molar-refractivity contribution is 5.94. The zero-order valence-electron chi connectivity index (χ0n) is 11.2. The van der Waals surface area contributed by atoms with Gasteiger partial charge in [0, 0.05) is 23.7 Å². The van der Waals surface area contributed by atoms with E-state index in [-0.39, 0.29) is 18.0 Å². The fraction of sp³-hybridized carbons (Fsp3) is 0.538. The molecule has 1 aromatic heterocycles. The summed E-state index contributed by atoms with van der Waals surface area (Å²) >= 11 is 0. The summed E-state index contributed by atoms with van der Waals surface area (Å²) in [4.78, 5) is 16.2. The van der Waals surface area contributed by atoms with E-state index in [9.17, 15) is 4.79 Å². The van der Waals surface area contributed by atoms with Crippen molar-refractivity contribution in [1.82, 2.24) is 15.8 Å². The summed E-state index contributed by atoms with van der Waals surface area (Å²) in [5.41, 5.74) is 15.1. The van der Waals surface area contributed by atoms with Gasteiger partial charge in [-0.25, -0.2) is 0 Å². The molecular weight excluding hydrogens is 228 g/mol. The molecule has 1 aliphatic rings. The number of carbonyl (C=O) groups excluding carboxylic acids is 1. The monoisotopic (exact) mass is 248 g/mol. The second-order valence-corrected chi connectivity index (χ2v) is 5.08. The molecule has 5 heteroatoms. The Bertz CT molecular complexity index is 476. The van der Waals surface area contributed by atoms with Crippen LogP contribution in [0.1, 0.15) is 47.1 Å². The molecule has 2 atom stereocenters. The number of amides is 1. The van der Waals surface area contributed by atoms with Gasteiger partial charge in [-0.2, -0.15) is 0 Å². The highest BCUT2D eigenvalue weighted by Crippen LogP contribution is 2.29. The molecule has 2 unspecified atom stereocenters. The van der Waals surface area contributed by atoms with Crippen LogP contribution in [-0.2, 0) is 0 Å². The molecule has 0 spiro atoms. The van der Waals surface area contributed by atoms with E-state index in [1.807, 2.05) is 19.9 Å². The number of carbonyl (C=O) groups is 1. The summed E-state index contributed by atoms with van der Waals surface area (Å²) in [6, 6.07) is 2.28. The van der Waals surface area contributed by atoms with E-state index >= 15 is 0 Å². The smallest absolute Gasteiger partial charge is 0.250 e. The molecule has 1 aliphatic heterocycles. The third-order valence-corrected chi connectivity index (χ3v) is 3.69. The fourth-order valence-corrected chi connectivity index (χ4v) is 2.52. The van der Waals surface area contributed by atoms with Gasteiger partial charge >= 0.3 is 0 Å². The summed E-state index contributed by atoms with van der Waals surface area (Å²) in [5, 5.41) is 0. The Hall–Kier alpha value is -1.46. The van der Waals surface area contributed by atoms with Crippen LogP contribution >= 0.6 is 0 Å². The van der Waals surface area contributed by atoms with Crippen molar-refractivity contribution < 1.29 is 4.79 Å². The predicted octanol–water partition coefficient (Wildman–Crippen LogP) is 0.766. The standard InChI is InChI=1S/C13H20N4O/c1-6-5-10(13(14)18)12(15-7(6)2)11-8(3)16-17-9(11)4/h5,8-9,11,16-17H,1-4H3,(H2,14,18). The fourth-order valence-electron chi connectivity index (χ4n) is 2.52. The number of nitrogens with one attached hydrogen (secondary N) is 2. The van der Waals surface area contributed by atoms with Gasteiger partial charge in [0.05, 0.1) is 11.3 Å². The Kier molecular flexibility index (Phi) is 3.36. The van der Waals surface area contributed by atoms with Crippen molar-refractivity contribution in [2.75, 3.05) is 0 Å². The van der Waals surface area contributed by atoms with Crippen molar-refractivity contribution in [3.05, 3.63) is 28.6 Å². The first kappa shape index (κ1) is 13.0. The lowest BCUT2D eigenvalue weighted by molar-refractivity contribution is 0.0998. The average Bonchev–Trinajstić information content (AvgIpc) is 2.62. The van der Waals surface area contributed by atoms with Gasteiger partial charge in [0.2, 0.25) is 0 Å². The lowest BCUT2D eigenvalue weighted by Crippen LogP contribution is -2.30. The van der Waals surface area contributed by atoms with Gasteiger partial charge in [-0.1, -0.05) is 0 Å². The maximum atomic E-state index is 11.6. The SMILES string of the molecule is Cc1cc(C(N)=O)c(C2C(C)NNC2C)nc1C. The molecule has 1 amide bonds. The molecule has 1 fully saturated rings. The van der Waals surface area contributed by atoms with Gasteiger partial charge in [0.15, 0.2) is 0 Å². The predicted molar refractivity (Wildman–Crippen MR) is 70.2 cm³/mol. The summed E-state index contributed by atoms with van der Waals surface area (Å²) in [6.45, 7) is 8.04. The first-order chi connectivity index (χ1) is 8.41. The van der Waals surface area contributed by atoms with Crippen LogP contribution in [0.3, 0.4) is 0 Å². The number of aromatic nitrogens is 1. The Labute approximate surface area is 107 Å². The highest BCUT2D eigenvalue weighted by Gasteiger charge is 2.34. The van der Waals surface area contributed by atoms with Crippen LogP contribution in [0.15, 0.2) is 6.07 Å². The zero-order valence-corrected chi connectivity index (χ0v) is 11.2. The number of pyridine rings is 1. The average molecular weight is 248 g/mol. The zero-order chi connectivity index (χ0) is 13.4. The van der Waals surface area contributed by atoms with Crippen LogP contribution in [0, 0.1) is 13.8 Å². The van der Waals surface area contributed by atoms with Crippen LogP contribution < -0.4 is 16.6 Å². The molecule has 2 rings (SSSR count). The van der Waals surface area contributed by atoms with Gasteiger partial charge in [0.1, 0.15) is 0 Å². The van der Waals surface area contributed by atoms with Crippen molar-refractivity contribution in [3.63, 3.8) is 0 Å². The van der Waals surface area contributed by atoms with E-state index < -0.39 is 5.91 Å². The van der Waals surface area contributed by atoms with E-state index in [4.69, 9.17) is 5.73 Å². The summed E-state index contributed by atoms with van der Waals surface area (Å²) in [5.74, 6) is -0.265. The maximum Gasteiger partial charge on any atom is 0.250 e. The van der Waals surface area contributed by atoms with E-state index in [0.29, 0.717) is 5.56 Å². The molecule has 4 N–H and O–H groups in total. The molecule has 0 bridgehead atoms. The number of nitrogens with two attached hydrogens (primary N) is 1. The van der Waals surface area contributed by atoms with E-state index in [2.05, 4.69) is 29.7 Å². The van der Waals surface area contributed by atoms with Crippen LogP contribution in [0.25, 0.3) is 0 Å². The molecule has 0 radical (unpaired) electrons. The molecule has 98 valence electrons. The minimum absolute atomic E-state index is 0.145. The molecule has 0 saturated carbocycles. The molecule has 18 heavy (non-hydrogen) atoms. The van der Waals surface area contributed by atoms with Crippen LogP contribution in [0.2, 0.25) is 0 Å². The maximum absolute atomic E-state index is 11.6. The number of nitrogens with zero attached hydrogens (tertiary/aromatic N) is 1. The summed E-state index contributed by atoms with van der Waals surface area (Å²) in [7, 11) is 0. The minimum atomic E-state index is -0.410. The first-order valence-electron chi connectivity index (χ1n) is 6.20. The van der Waals surface area contributed by atoms with Crippen LogP contribution in [0.4, 0.5) is 0 Å². The quantitative estimate of drug-likeness (QED) is 0.722. The second-order valence-electron chi connectivity index (χ2n) is 5.08. The Balaban J connectivity index is 2.55. The Morgan fingerprint density at radius 3 is 2.33 bits per heavy atom. The van der Waals surface area contributed by atoms with E-state index in [0.717, 1.165) is 17.0 Å². The molecular formula is C13H20N4O. The number of primary amides is 1. The largest absolute Gasteiger partial charge is 0.366 e. The van der Waals surface area contributed by atoms with Crippen molar-refractivity contribution in [3.8, 4) is 0 Å². The summed E-state index contributed by atoms with van der Waals surface area (Å²) < 4.78 is 0. The molecule has 0 aromatic carbocycles. The minimum Gasteiger partial charge on any atom is -0.366 e. The summed E-state index contributed by atoms with van der Waals surface area (Å²) in [6.07, 6.45) is 0. The molecule has 1 aromatic rings. The third kappa shape index (κ3) is 2.11. The van der Waals surface area contributed by atoms with Crippen LogP contribution in [0.5, 0.6) is 0 Å². The second kappa shape index (κ2) is 4.66. The van der Waals surface area contributed by atoms with Gasteiger partial charge in [-0.05, 0) is 39.3 Å². The molecule has 1 saturated heterocycles. The van der Waals surface area contributed by atoms with Gasteiger partial charge in [-0.3, -0.25) is 20.6 Å². The number of rotatable bonds is 2. The van der Waals surface area contributed by atoms with Crippen molar-refractivity contribution >= 4 is 5.91 Å². The highest BCUT2D eigenvalue weighted by atomic mass is 16.1. The van der Waals surface area contributed by atoms with Crippen molar-refractivity contribution in [2.45, 2.75) is 45.7 Å².